The van der Waals surface area contributed by atoms with Crippen LogP contribution in [0.1, 0.15) is 30.4 Å². The first kappa shape index (κ1) is 11.9. The molecule has 1 saturated heterocycles. The van der Waals surface area contributed by atoms with E-state index < -0.39 is 0 Å². The van der Waals surface area contributed by atoms with Gasteiger partial charge in [0.05, 0.1) is 24.9 Å². The summed E-state index contributed by atoms with van der Waals surface area (Å²) in [7, 11) is 0. The highest BCUT2D eigenvalue weighted by atomic mass is 16.5. The topological polar surface area (TPSA) is 58.2 Å². The molecule has 0 bridgehead atoms. The minimum atomic E-state index is -0.0746. The Balaban J connectivity index is 1.83. The molecule has 1 unspecified atom stereocenters. The molecule has 1 N–H and O–H groups in total. The second-order valence-electron chi connectivity index (χ2n) is 5.28. The molecule has 1 aliphatic carbocycles. The van der Waals surface area contributed by atoms with Crippen molar-refractivity contribution in [3.8, 4) is 0 Å². The number of aryl methyl sites for hydroxylation is 1. The Hall–Kier alpha value is -1.20. The predicted molar refractivity (Wildman–Crippen MR) is 67.5 cm³/mol. The summed E-state index contributed by atoms with van der Waals surface area (Å²) >= 11 is 0. The van der Waals surface area contributed by atoms with Gasteiger partial charge in [-0.25, -0.2) is 4.98 Å². The average molecular weight is 249 g/mol. The van der Waals surface area contributed by atoms with Crippen molar-refractivity contribution >= 4 is 0 Å². The number of aromatic nitrogens is 2. The molecule has 1 saturated carbocycles. The van der Waals surface area contributed by atoms with Crippen molar-refractivity contribution in [2.24, 2.45) is 5.92 Å². The fourth-order valence-corrected chi connectivity index (χ4v) is 2.53. The summed E-state index contributed by atoms with van der Waals surface area (Å²) in [5, 5.41) is 0. The van der Waals surface area contributed by atoms with Gasteiger partial charge >= 0.3 is 0 Å². The van der Waals surface area contributed by atoms with Gasteiger partial charge in [0, 0.05) is 19.2 Å². The summed E-state index contributed by atoms with van der Waals surface area (Å²) < 4.78 is 5.55. The number of morpholine rings is 1. The first-order chi connectivity index (χ1) is 8.72. The Kier molecular flexibility index (Phi) is 3.18. The van der Waals surface area contributed by atoms with E-state index >= 15 is 0 Å². The van der Waals surface area contributed by atoms with Gasteiger partial charge in [0.2, 0.25) is 0 Å². The van der Waals surface area contributed by atoms with Gasteiger partial charge in [-0.05, 0) is 25.7 Å². The number of rotatable bonds is 3. The van der Waals surface area contributed by atoms with Crippen molar-refractivity contribution in [2.75, 3.05) is 26.3 Å². The maximum atomic E-state index is 11.5. The van der Waals surface area contributed by atoms with Crippen molar-refractivity contribution in [1.82, 2.24) is 14.9 Å². The maximum absolute atomic E-state index is 11.5. The third kappa shape index (κ3) is 2.62. The molecule has 1 aliphatic heterocycles. The number of hydrogen-bond donors (Lipinski definition) is 1. The van der Waals surface area contributed by atoms with E-state index in [0.717, 1.165) is 31.3 Å². The molecule has 2 fully saturated rings. The number of ether oxygens (including phenoxy) is 1. The maximum Gasteiger partial charge on any atom is 0.251 e. The largest absolute Gasteiger partial charge is 0.378 e. The molecule has 3 rings (SSSR count). The quantitative estimate of drug-likeness (QED) is 0.863. The van der Waals surface area contributed by atoms with Crippen LogP contribution in [0.3, 0.4) is 0 Å². The van der Waals surface area contributed by atoms with Crippen LogP contribution in [0.25, 0.3) is 0 Å². The van der Waals surface area contributed by atoms with Crippen LogP contribution in [0.15, 0.2) is 10.9 Å². The van der Waals surface area contributed by atoms with Crippen LogP contribution in [0, 0.1) is 12.8 Å². The van der Waals surface area contributed by atoms with E-state index in [1.54, 1.807) is 6.07 Å². The van der Waals surface area contributed by atoms with Gasteiger partial charge < -0.3 is 9.72 Å². The molecule has 0 radical (unpaired) electrons. The van der Waals surface area contributed by atoms with Gasteiger partial charge in [0.15, 0.2) is 0 Å². The highest BCUT2D eigenvalue weighted by molar-refractivity contribution is 5.09. The molecule has 1 atom stereocenters. The summed E-state index contributed by atoms with van der Waals surface area (Å²) in [6.45, 7) is 5.30. The number of hydrogen-bond acceptors (Lipinski definition) is 4. The normalized spacial score (nSPS) is 25.3. The lowest BCUT2D eigenvalue weighted by atomic mass is 10.1. The van der Waals surface area contributed by atoms with E-state index in [9.17, 15) is 4.79 Å². The molecule has 1 aromatic heterocycles. The molecule has 98 valence electrons. The zero-order valence-electron chi connectivity index (χ0n) is 10.7. The first-order valence-corrected chi connectivity index (χ1v) is 6.62. The summed E-state index contributed by atoms with van der Waals surface area (Å²) in [5.74, 6) is 1.52. The molecule has 2 heterocycles. The highest BCUT2D eigenvalue weighted by Gasteiger charge is 2.31. The fourth-order valence-electron chi connectivity index (χ4n) is 2.53. The van der Waals surface area contributed by atoms with Crippen LogP contribution in [0.4, 0.5) is 0 Å². The van der Waals surface area contributed by atoms with Gasteiger partial charge in [0.25, 0.3) is 5.56 Å². The molecule has 2 aliphatic rings. The summed E-state index contributed by atoms with van der Waals surface area (Å²) in [6, 6.07) is 1.74. The van der Waals surface area contributed by atoms with Crippen LogP contribution in [0.5, 0.6) is 0 Å². The van der Waals surface area contributed by atoms with E-state index in [1.165, 1.54) is 12.8 Å². The number of H-pyrrole nitrogens is 1. The highest BCUT2D eigenvalue weighted by Crippen LogP contribution is 2.33. The standard InChI is InChI=1S/C13H19N3O2/c1-9-14-11(6-13(17)15-9)12-8-18-5-4-16(12)7-10-2-3-10/h6,10,12H,2-5,7-8H2,1H3,(H,14,15,17). The molecule has 5 nitrogen and oxygen atoms in total. The van der Waals surface area contributed by atoms with Crippen LogP contribution in [-0.2, 0) is 4.74 Å². The molecule has 0 amide bonds. The van der Waals surface area contributed by atoms with Crippen molar-refractivity contribution in [1.29, 1.82) is 0 Å². The average Bonchev–Trinajstić information content (AvgIpc) is 3.12. The number of aromatic amines is 1. The van der Waals surface area contributed by atoms with Gasteiger partial charge in [-0.15, -0.1) is 0 Å². The van der Waals surface area contributed by atoms with Crippen LogP contribution < -0.4 is 5.56 Å². The lowest BCUT2D eigenvalue weighted by Gasteiger charge is -2.35. The minimum absolute atomic E-state index is 0.0746. The summed E-state index contributed by atoms with van der Waals surface area (Å²) in [4.78, 5) is 21.1. The Morgan fingerprint density at radius 1 is 1.56 bits per heavy atom. The van der Waals surface area contributed by atoms with Crippen molar-refractivity contribution in [3.63, 3.8) is 0 Å². The molecular formula is C13H19N3O2. The minimum Gasteiger partial charge on any atom is -0.378 e. The second kappa shape index (κ2) is 4.82. The van der Waals surface area contributed by atoms with Crippen LogP contribution in [0.2, 0.25) is 0 Å². The van der Waals surface area contributed by atoms with Crippen molar-refractivity contribution in [2.45, 2.75) is 25.8 Å². The van der Waals surface area contributed by atoms with E-state index in [1.807, 2.05) is 6.92 Å². The Morgan fingerprint density at radius 2 is 2.39 bits per heavy atom. The smallest absolute Gasteiger partial charge is 0.251 e. The van der Waals surface area contributed by atoms with E-state index in [2.05, 4.69) is 14.9 Å². The van der Waals surface area contributed by atoms with Crippen LogP contribution >= 0.6 is 0 Å². The first-order valence-electron chi connectivity index (χ1n) is 6.62. The predicted octanol–water partition coefficient (Wildman–Crippen LogP) is 0.862. The molecule has 5 heteroatoms. The second-order valence-corrected chi connectivity index (χ2v) is 5.28. The lowest BCUT2D eigenvalue weighted by Crippen LogP contribution is -2.41. The molecule has 1 aromatic rings. The molecule has 0 aromatic carbocycles. The molecular weight excluding hydrogens is 230 g/mol. The number of nitrogens with one attached hydrogen (secondary N) is 1. The van der Waals surface area contributed by atoms with Crippen molar-refractivity contribution in [3.05, 3.63) is 27.9 Å². The van der Waals surface area contributed by atoms with E-state index in [-0.39, 0.29) is 11.6 Å². The third-order valence-electron chi connectivity index (χ3n) is 3.65. The molecule has 0 spiro atoms. The zero-order valence-corrected chi connectivity index (χ0v) is 10.7. The number of nitrogens with zero attached hydrogens (tertiary/aromatic N) is 2. The zero-order chi connectivity index (χ0) is 12.5. The van der Waals surface area contributed by atoms with Gasteiger partial charge in [-0.1, -0.05) is 0 Å². The van der Waals surface area contributed by atoms with Crippen molar-refractivity contribution < 1.29 is 4.74 Å². The summed E-state index contributed by atoms with van der Waals surface area (Å²) in [5.41, 5.74) is 0.769. The Labute approximate surface area is 106 Å². The monoisotopic (exact) mass is 249 g/mol. The van der Waals surface area contributed by atoms with Gasteiger partial charge in [-0.3, -0.25) is 9.69 Å². The van der Waals surface area contributed by atoms with E-state index in [0.29, 0.717) is 12.4 Å². The third-order valence-corrected chi connectivity index (χ3v) is 3.65. The fraction of sp³-hybridized carbons (Fsp3) is 0.692. The Morgan fingerprint density at radius 3 is 3.11 bits per heavy atom. The van der Waals surface area contributed by atoms with Crippen LogP contribution in [-0.4, -0.2) is 41.2 Å². The SMILES string of the molecule is Cc1nc(C2COCCN2CC2CC2)cc(=O)[nH]1. The lowest BCUT2D eigenvalue weighted by molar-refractivity contribution is -0.0122. The molecule has 18 heavy (non-hydrogen) atoms. The Bertz CT molecular complexity index is 481. The summed E-state index contributed by atoms with van der Waals surface area (Å²) in [6.07, 6.45) is 2.68. The van der Waals surface area contributed by atoms with Gasteiger partial charge in [0.1, 0.15) is 5.82 Å². The van der Waals surface area contributed by atoms with Gasteiger partial charge in [-0.2, -0.15) is 0 Å². The van der Waals surface area contributed by atoms with E-state index in [4.69, 9.17) is 4.74 Å².